The van der Waals surface area contributed by atoms with Gasteiger partial charge in [0.15, 0.2) is 5.75 Å². The van der Waals surface area contributed by atoms with Gasteiger partial charge in [0.1, 0.15) is 18.5 Å². The van der Waals surface area contributed by atoms with E-state index in [-0.39, 0.29) is 58.4 Å². The van der Waals surface area contributed by atoms with E-state index in [1.807, 2.05) is 41.3 Å². The van der Waals surface area contributed by atoms with Gasteiger partial charge < -0.3 is 41.0 Å². The molecule has 4 aromatic rings. The molecular weight excluding hydrogens is 763 g/mol. The SMILES string of the molecule is C[C@@H](NC(=O)[C@@H](N)CCCCNC(=O)OCC1c2ccccc2-c2ccccc21)C(=O)NC1C=CCC2CN(c3c(F)cc4c(=O)c(O)cn(C5CC5)c4c3Cl)CC21. The lowest BCUT2D eigenvalue weighted by Crippen LogP contribution is -2.53. The number of anilines is 1. The second kappa shape index (κ2) is 16.5. The van der Waals surface area contributed by atoms with Crippen LogP contribution >= 0.6 is 11.6 Å². The third-order valence-electron chi connectivity index (χ3n) is 12.1. The standard InChI is InChI=1S/C44H48ClFN6O6/c1-24(49-43(56)35(47)14-6-7-18-48-44(57)58-23-33-29-12-4-2-10-27(29)28-11-3-5-13-30(28)33)42(55)50-36-15-8-9-25-20-51(21-32(25)36)40-34(46)19-31-39(38(40)45)52(26-16-17-26)22-37(53)41(31)54/h2-5,8,10-13,15,19,22,24-26,32-33,35-36,53H,6-7,9,14,16-18,20-21,23,47H2,1H3,(H,48,57)(H,49,56)(H,50,55)/t24-,25?,32?,35+,36?/m1/s1. The van der Waals surface area contributed by atoms with Gasteiger partial charge in [-0.3, -0.25) is 14.4 Å². The van der Waals surface area contributed by atoms with E-state index in [0.717, 1.165) is 47.6 Å². The number of pyridine rings is 1. The summed E-state index contributed by atoms with van der Waals surface area (Å²) < 4.78 is 23.1. The van der Waals surface area contributed by atoms with Crippen molar-refractivity contribution in [1.29, 1.82) is 0 Å². The zero-order chi connectivity index (χ0) is 40.7. The molecule has 0 spiro atoms. The van der Waals surface area contributed by atoms with E-state index in [1.165, 1.54) is 6.20 Å². The maximum atomic E-state index is 15.8. The average molecular weight is 811 g/mol. The molecule has 8 rings (SSSR count). The number of aromatic hydroxyl groups is 1. The van der Waals surface area contributed by atoms with Crippen molar-refractivity contribution in [2.75, 3.05) is 31.1 Å². The number of nitrogens with one attached hydrogen (secondary N) is 3. The number of nitrogens with two attached hydrogens (primary N) is 1. The van der Waals surface area contributed by atoms with Crippen molar-refractivity contribution in [1.82, 2.24) is 20.5 Å². The monoisotopic (exact) mass is 810 g/mol. The van der Waals surface area contributed by atoms with E-state index in [9.17, 15) is 24.3 Å². The number of alkyl carbamates (subject to hydrolysis) is 1. The van der Waals surface area contributed by atoms with Crippen molar-refractivity contribution in [2.24, 2.45) is 17.6 Å². The molecular formula is C44H48ClFN6O6. The van der Waals surface area contributed by atoms with Gasteiger partial charge in [-0.2, -0.15) is 0 Å². The Labute approximate surface area is 340 Å². The van der Waals surface area contributed by atoms with E-state index in [4.69, 9.17) is 22.1 Å². The van der Waals surface area contributed by atoms with Crippen LogP contribution in [0.4, 0.5) is 14.9 Å². The van der Waals surface area contributed by atoms with E-state index >= 15 is 4.39 Å². The number of rotatable bonds is 13. The molecule has 1 saturated heterocycles. The molecule has 58 heavy (non-hydrogen) atoms. The predicted octanol–water partition coefficient (Wildman–Crippen LogP) is 5.87. The van der Waals surface area contributed by atoms with Crippen molar-refractivity contribution < 1.29 is 28.6 Å². The fourth-order valence-electron chi connectivity index (χ4n) is 8.92. The van der Waals surface area contributed by atoms with Crippen LogP contribution in [0, 0.1) is 17.7 Å². The average Bonchev–Trinajstić information content (AvgIpc) is 3.89. The number of hydrogen-bond donors (Lipinski definition) is 5. The summed E-state index contributed by atoms with van der Waals surface area (Å²) in [6.45, 7) is 3.11. The normalized spacial score (nSPS) is 20.6. The fraction of sp³-hybridized carbons (Fsp3) is 0.409. The zero-order valence-electron chi connectivity index (χ0n) is 32.3. The Kier molecular flexibility index (Phi) is 11.2. The lowest BCUT2D eigenvalue weighted by Gasteiger charge is -2.30. The van der Waals surface area contributed by atoms with Crippen LogP contribution in [-0.4, -0.2) is 71.9 Å². The highest BCUT2D eigenvalue weighted by atomic mass is 35.5. The maximum absolute atomic E-state index is 15.8. The van der Waals surface area contributed by atoms with Crippen molar-refractivity contribution >= 4 is 46.1 Å². The number of allylic oxidation sites excluding steroid dienone is 1. The molecule has 14 heteroatoms. The van der Waals surface area contributed by atoms with E-state index in [0.29, 0.717) is 44.4 Å². The molecule has 304 valence electrons. The molecule has 6 N–H and O–H groups in total. The Morgan fingerprint density at radius 3 is 2.45 bits per heavy atom. The van der Waals surface area contributed by atoms with Gasteiger partial charge in [0, 0.05) is 37.5 Å². The Hall–Kier alpha value is -5.40. The minimum atomic E-state index is -0.858. The molecule has 3 aromatic carbocycles. The van der Waals surface area contributed by atoms with Crippen LogP contribution in [0.25, 0.3) is 22.0 Å². The summed E-state index contributed by atoms with van der Waals surface area (Å²) in [5.41, 5.74) is 10.7. The van der Waals surface area contributed by atoms with Gasteiger partial charge in [-0.15, -0.1) is 0 Å². The summed E-state index contributed by atoms with van der Waals surface area (Å²) in [6, 6.07) is 15.5. The zero-order valence-corrected chi connectivity index (χ0v) is 33.0. The molecule has 12 nitrogen and oxygen atoms in total. The third-order valence-corrected chi connectivity index (χ3v) is 12.5. The highest BCUT2D eigenvalue weighted by molar-refractivity contribution is 6.38. The molecule has 3 aliphatic carbocycles. The highest BCUT2D eigenvalue weighted by Crippen LogP contribution is 2.46. The van der Waals surface area contributed by atoms with Crippen molar-refractivity contribution in [3.8, 4) is 16.9 Å². The van der Waals surface area contributed by atoms with Crippen LogP contribution < -0.4 is 32.0 Å². The quantitative estimate of drug-likeness (QED) is 0.0826. The minimum absolute atomic E-state index is 0.0248. The molecule has 0 bridgehead atoms. The number of hydrogen-bond acceptors (Lipinski definition) is 8. The first kappa shape index (κ1) is 39.4. The lowest BCUT2D eigenvalue weighted by atomic mass is 9.82. The second-order valence-electron chi connectivity index (χ2n) is 16.0. The minimum Gasteiger partial charge on any atom is -0.503 e. The van der Waals surface area contributed by atoms with Gasteiger partial charge in [-0.25, -0.2) is 9.18 Å². The summed E-state index contributed by atoms with van der Waals surface area (Å²) in [5.74, 6) is -1.88. The summed E-state index contributed by atoms with van der Waals surface area (Å²) >= 11 is 6.90. The van der Waals surface area contributed by atoms with Gasteiger partial charge in [-0.05, 0) is 79.7 Å². The molecule has 2 fully saturated rings. The van der Waals surface area contributed by atoms with Crippen molar-refractivity contribution in [3.63, 3.8) is 0 Å². The van der Waals surface area contributed by atoms with E-state index in [2.05, 4.69) is 40.2 Å². The first-order valence-electron chi connectivity index (χ1n) is 20.1. The number of carbonyl (C=O) groups excluding carboxylic acids is 3. The number of fused-ring (bicyclic) bond motifs is 5. The number of nitrogens with zero attached hydrogens (tertiary/aromatic N) is 2. The van der Waals surface area contributed by atoms with Crippen LogP contribution in [0.3, 0.4) is 0 Å². The van der Waals surface area contributed by atoms with Gasteiger partial charge in [0.25, 0.3) is 0 Å². The number of halogens is 2. The summed E-state index contributed by atoms with van der Waals surface area (Å²) in [4.78, 5) is 53.5. The molecule has 0 radical (unpaired) electrons. The number of amides is 3. The Bertz CT molecular complexity index is 2300. The van der Waals surface area contributed by atoms with Gasteiger partial charge in [-0.1, -0.05) is 72.3 Å². The molecule has 3 unspecified atom stereocenters. The summed E-state index contributed by atoms with van der Waals surface area (Å²) in [6.07, 6.45) is 8.84. The molecule has 1 saturated carbocycles. The number of aromatic nitrogens is 1. The van der Waals surface area contributed by atoms with E-state index < -0.39 is 41.1 Å². The summed E-state index contributed by atoms with van der Waals surface area (Å²) in [7, 11) is 0. The Balaban J connectivity index is 0.785. The van der Waals surface area contributed by atoms with Crippen molar-refractivity contribution in [3.05, 3.63) is 105 Å². The van der Waals surface area contributed by atoms with Gasteiger partial charge in [0.2, 0.25) is 17.2 Å². The smallest absolute Gasteiger partial charge is 0.407 e. The van der Waals surface area contributed by atoms with Crippen molar-refractivity contribution in [2.45, 2.75) is 75.5 Å². The third kappa shape index (κ3) is 7.77. The molecule has 1 aromatic heterocycles. The largest absolute Gasteiger partial charge is 0.503 e. The molecule has 4 aliphatic rings. The highest BCUT2D eigenvalue weighted by Gasteiger charge is 2.41. The van der Waals surface area contributed by atoms with Gasteiger partial charge in [0.05, 0.1) is 39.9 Å². The Morgan fingerprint density at radius 2 is 1.74 bits per heavy atom. The number of unbranched alkanes of at least 4 members (excludes halogenated alkanes) is 1. The predicted molar refractivity (Wildman–Crippen MR) is 220 cm³/mol. The lowest BCUT2D eigenvalue weighted by molar-refractivity contribution is -0.129. The fourth-order valence-corrected chi connectivity index (χ4v) is 9.33. The van der Waals surface area contributed by atoms with Crippen LogP contribution in [0.1, 0.15) is 68.5 Å². The molecule has 2 heterocycles. The number of carbonyl (C=O) groups is 3. The van der Waals surface area contributed by atoms with Crippen LogP contribution in [0.15, 0.2) is 77.7 Å². The number of ether oxygens (including phenoxy) is 1. The number of benzene rings is 3. The first-order valence-corrected chi connectivity index (χ1v) is 20.5. The topological polar surface area (TPSA) is 168 Å². The summed E-state index contributed by atoms with van der Waals surface area (Å²) in [5, 5.41) is 19.0. The first-order chi connectivity index (χ1) is 28.0. The van der Waals surface area contributed by atoms with Crippen LogP contribution in [0.5, 0.6) is 5.75 Å². The maximum Gasteiger partial charge on any atom is 0.407 e. The van der Waals surface area contributed by atoms with Gasteiger partial charge >= 0.3 is 6.09 Å². The van der Waals surface area contributed by atoms with Crippen LogP contribution in [0.2, 0.25) is 5.02 Å². The van der Waals surface area contributed by atoms with E-state index in [1.54, 1.807) is 11.5 Å². The second-order valence-corrected chi connectivity index (χ2v) is 16.4. The van der Waals surface area contributed by atoms with Crippen LogP contribution in [-0.2, 0) is 14.3 Å². The Morgan fingerprint density at radius 1 is 1.03 bits per heavy atom. The molecule has 1 aliphatic heterocycles. The molecule has 3 amide bonds. The molecule has 5 atom stereocenters.